The smallest absolute Gasteiger partial charge is 0.306 e. The van der Waals surface area contributed by atoms with Crippen LogP contribution in [0.15, 0.2) is 0 Å². The SMILES string of the molecule is CC(C)N1CCN(C2CCC(C(=O)O)CC2)CC1. The van der Waals surface area contributed by atoms with Crippen LogP contribution in [0.25, 0.3) is 0 Å². The van der Waals surface area contributed by atoms with E-state index in [1.165, 1.54) is 0 Å². The predicted molar refractivity (Wildman–Crippen MR) is 71.7 cm³/mol. The highest BCUT2D eigenvalue weighted by Gasteiger charge is 2.31. The number of hydrogen-bond donors (Lipinski definition) is 1. The number of carboxylic acids is 1. The van der Waals surface area contributed by atoms with Crippen molar-refractivity contribution in [2.24, 2.45) is 5.92 Å². The van der Waals surface area contributed by atoms with Crippen LogP contribution in [0.3, 0.4) is 0 Å². The molecule has 0 amide bonds. The Kier molecular flexibility index (Phi) is 4.62. The van der Waals surface area contributed by atoms with E-state index in [1.54, 1.807) is 0 Å². The second-order valence-electron chi connectivity index (χ2n) is 6.01. The molecule has 1 heterocycles. The maximum Gasteiger partial charge on any atom is 0.306 e. The molecular weight excluding hydrogens is 228 g/mol. The van der Waals surface area contributed by atoms with Gasteiger partial charge in [-0.25, -0.2) is 0 Å². The second kappa shape index (κ2) is 6.02. The molecule has 0 aromatic rings. The van der Waals surface area contributed by atoms with E-state index in [0.717, 1.165) is 51.9 Å². The molecule has 18 heavy (non-hydrogen) atoms. The number of aliphatic carboxylic acids is 1. The molecule has 4 heteroatoms. The van der Waals surface area contributed by atoms with E-state index in [-0.39, 0.29) is 5.92 Å². The van der Waals surface area contributed by atoms with Crippen molar-refractivity contribution in [2.75, 3.05) is 26.2 Å². The fraction of sp³-hybridized carbons (Fsp3) is 0.929. The Morgan fingerprint density at radius 2 is 1.61 bits per heavy atom. The van der Waals surface area contributed by atoms with Crippen LogP contribution in [0.5, 0.6) is 0 Å². The van der Waals surface area contributed by atoms with Crippen molar-refractivity contribution in [1.29, 1.82) is 0 Å². The lowest BCUT2D eigenvalue weighted by Crippen LogP contribution is -2.52. The van der Waals surface area contributed by atoms with E-state index in [0.29, 0.717) is 12.1 Å². The van der Waals surface area contributed by atoms with Crippen molar-refractivity contribution >= 4 is 5.97 Å². The lowest BCUT2D eigenvalue weighted by atomic mass is 9.85. The van der Waals surface area contributed by atoms with E-state index in [9.17, 15) is 4.79 Å². The Morgan fingerprint density at radius 1 is 1.06 bits per heavy atom. The van der Waals surface area contributed by atoms with E-state index in [4.69, 9.17) is 5.11 Å². The topological polar surface area (TPSA) is 43.8 Å². The zero-order valence-electron chi connectivity index (χ0n) is 11.6. The molecule has 1 saturated carbocycles. The summed E-state index contributed by atoms with van der Waals surface area (Å²) >= 11 is 0. The average Bonchev–Trinajstić information content (AvgIpc) is 2.39. The highest BCUT2D eigenvalue weighted by atomic mass is 16.4. The highest BCUT2D eigenvalue weighted by Crippen LogP contribution is 2.28. The molecule has 1 aliphatic heterocycles. The largest absolute Gasteiger partial charge is 0.481 e. The van der Waals surface area contributed by atoms with E-state index < -0.39 is 5.97 Å². The van der Waals surface area contributed by atoms with Gasteiger partial charge < -0.3 is 5.11 Å². The van der Waals surface area contributed by atoms with Crippen LogP contribution in [0.4, 0.5) is 0 Å². The van der Waals surface area contributed by atoms with Crippen molar-refractivity contribution < 1.29 is 9.90 Å². The minimum absolute atomic E-state index is 0.0850. The maximum absolute atomic E-state index is 10.9. The van der Waals surface area contributed by atoms with Crippen LogP contribution in [-0.4, -0.2) is 59.1 Å². The third-order valence-corrected chi connectivity index (χ3v) is 4.64. The Morgan fingerprint density at radius 3 is 2.06 bits per heavy atom. The van der Waals surface area contributed by atoms with Crippen LogP contribution in [-0.2, 0) is 4.79 Å². The lowest BCUT2D eigenvalue weighted by Gasteiger charge is -2.42. The van der Waals surface area contributed by atoms with Gasteiger partial charge in [0.1, 0.15) is 0 Å². The monoisotopic (exact) mass is 254 g/mol. The molecular formula is C14H26N2O2. The Balaban J connectivity index is 1.76. The van der Waals surface area contributed by atoms with Gasteiger partial charge in [0, 0.05) is 38.3 Å². The van der Waals surface area contributed by atoms with Gasteiger partial charge in [-0.1, -0.05) is 0 Å². The van der Waals surface area contributed by atoms with E-state index >= 15 is 0 Å². The third kappa shape index (κ3) is 3.23. The number of hydrogen-bond acceptors (Lipinski definition) is 3. The minimum Gasteiger partial charge on any atom is -0.481 e. The van der Waals surface area contributed by atoms with Crippen molar-refractivity contribution in [3.05, 3.63) is 0 Å². The molecule has 2 fully saturated rings. The van der Waals surface area contributed by atoms with Gasteiger partial charge >= 0.3 is 5.97 Å². The van der Waals surface area contributed by atoms with Gasteiger partial charge in [-0.05, 0) is 39.5 Å². The third-order valence-electron chi connectivity index (χ3n) is 4.64. The van der Waals surface area contributed by atoms with Gasteiger partial charge in [-0.3, -0.25) is 14.6 Å². The summed E-state index contributed by atoms with van der Waals surface area (Å²) in [6.07, 6.45) is 3.87. The molecule has 0 spiro atoms. The van der Waals surface area contributed by atoms with Crippen molar-refractivity contribution in [2.45, 2.75) is 51.6 Å². The Bertz CT molecular complexity index is 278. The second-order valence-corrected chi connectivity index (χ2v) is 6.01. The molecule has 0 aromatic heterocycles. The Labute approximate surface area is 110 Å². The molecule has 0 atom stereocenters. The minimum atomic E-state index is -0.599. The van der Waals surface area contributed by atoms with Gasteiger partial charge in [0.15, 0.2) is 0 Å². The summed E-state index contributed by atoms with van der Waals surface area (Å²) in [4.78, 5) is 16.0. The number of carboxylic acid groups (broad SMARTS) is 1. The summed E-state index contributed by atoms with van der Waals surface area (Å²) in [5.41, 5.74) is 0. The van der Waals surface area contributed by atoms with Crippen molar-refractivity contribution in [1.82, 2.24) is 9.80 Å². The lowest BCUT2D eigenvalue weighted by molar-refractivity contribution is -0.143. The number of carbonyl (C=O) groups is 1. The molecule has 0 aromatic carbocycles. The summed E-state index contributed by atoms with van der Waals surface area (Å²) in [5.74, 6) is -0.684. The van der Waals surface area contributed by atoms with Gasteiger partial charge in [-0.2, -0.15) is 0 Å². The summed E-state index contributed by atoms with van der Waals surface area (Å²) in [7, 11) is 0. The van der Waals surface area contributed by atoms with Crippen molar-refractivity contribution in [3.63, 3.8) is 0 Å². The molecule has 1 saturated heterocycles. The standard InChI is InChI=1S/C14H26N2O2/c1-11(2)15-7-9-16(10-8-15)13-5-3-12(4-6-13)14(17)18/h11-13H,3-10H2,1-2H3,(H,17,18). The zero-order chi connectivity index (χ0) is 13.1. The molecule has 2 aliphatic rings. The first-order valence-corrected chi connectivity index (χ1v) is 7.29. The molecule has 2 rings (SSSR count). The summed E-state index contributed by atoms with van der Waals surface area (Å²) in [5, 5.41) is 9.01. The molecule has 0 unspecified atom stereocenters. The number of piperazine rings is 1. The fourth-order valence-corrected chi connectivity index (χ4v) is 3.31. The molecule has 0 radical (unpaired) electrons. The van der Waals surface area contributed by atoms with E-state index in [2.05, 4.69) is 23.6 Å². The van der Waals surface area contributed by atoms with Crippen LogP contribution >= 0.6 is 0 Å². The molecule has 4 nitrogen and oxygen atoms in total. The first-order chi connectivity index (χ1) is 8.58. The van der Waals surface area contributed by atoms with E-state index in [1.807, 2.05) is 0 Å². The summed E-state index contributed by atoms with van der Waals surface area (Å²) in [6, 6.07) is 1.28. The Hall–Kier alpha value is -0.610. The number of nitrogens with zero attached hydrogens (tertiary/aromatic N) is 2. The average molecular weight is 254 g/mol. The molecule has 1 aliphatic carbocycles. The fourth-order valence-electron chi connectivity index (χ4n) is 3.31. The van der Waals surface area contributed by atoms with Gasteiger partial charge in [0.2, 0.25) is 0 Å². The van der Waals surface area contributed by atoms with Crippen LogP contribution in [0.2, 0.25) is 0 Å². The van der Waals surface area contributed by atoms with Crippen LogP contribution in [0.1, 0.15) is 39.5 Å². The predicted octanol–water partition coefficient (Wildman–Crippen LogP) is 1.66. The summed E-state index contributed by atoms with van der Waals surface area (Å²) < 4.78 is 0. The highest BCUT2D eigenvalue weighted by molar-refractivity contribution is 5.70. The number of rotatable bonds is 3. The normalized spacial score (nSPS) is 31.7. The van der Waals surface area contributed by atoms with Gasteiger partial charge in [0.05, 0.1) is 5.92 Å². The molecule has 104 valence electrons. The summed E-state index contributed by atoms with van der Waals surface area (Å²) in [6.45, 7) is 9.15. The quantitative estimate of drug-likeness (QED) is 0.832. The first kappa shape index (κ1) is 13.8. The zero-order valence-corrected chi connectivity index (χ0v) is 11.6. The maximum atomic E-state index is 10.9. The van der Waals surface area contributed by atoms with Crippen LogP contribution in [0, 0.1) is 5.92 Å². The van der Waals surface area contributed by atoms with Crippen LogP contribution < -0.4 is 0 Å². The molecule has 0 bridgehead atoms. The first-order valence-electron chi connectivity index (χ1n) is 7.29. The van der Waals surface area contributed by atoms with Gasteiger partial charge in [-0.15, -0.1) is 0 Å². The van der Waals surface area contributed by atoms with Crippen molar-refractivity contribution in [3.8, 4) is 0 Å². The van der Waals surface area contributed by atoms with Gasteiger partial charge in [0.25, 0.3) is 0 Å². The molecule has 1 N–H and O–H groups in total.